The first kappa shape index (κ1) is 15.5. The maximum Gasteiger partial charge on any atom is 0.311 e. The van der Waals surface area contributed by atoms with Crippen LogP contribution < -0.4 is 0 Å². The lowest BCUT2D eigenvalue weighted by Crippen LogP contribution is -2.35. The molecular formula is C15H22N2O4. The molecule has 1 atom stereocenters. The third kappa shape index (κ3) is 2.94. The molecule has 116 valence electrons. The van der Waals surface area contributed by atoms with Gasteiger partial charge in [0.15, 0.2) is 0 Å². The van der Waals surface area contributed by atoms with Crippen LogP contribution in [0.1, 0.15) is 44.2 Å². The van der Waals surface area contributed by atoms with Crippen LogP contribution in [0.3, 0.4) is 0 Å². The Kier molecular flexibility index (Phi) is 4.34. The third-order valence-corrected chi connectivity index (χ3v) is 4.28. The van der Waals surface area contributed by atoms with Crippen molar-refractivity contribution in [3.8, 4) is 0 Å². The van der Waals surface area contributed by atoms with Crippen molar-refractivity contribution >= 4 is 11.9 Å². The number of rotatable bonds is 5. The Morgan fingerprint density at radius 3 is 2.62 bits per heavy atom. The molecule has 1 amide bonds. The summed E-state index contributed by atoms with van der Waals surface area (Å²) < 4.78 is 5.26. The van der Waals surface area contributed by atoms with Gasteiger partial charge in [-0.15, -0.1) is 0 Å². The maximum absolute atomic E-state index is 12.4. The lowest BCUT2D eigenvalue weighted by Gasteiger charge is -2.20. The summed E-state index contributed by atoms with van der Waals surface area (Å²) in [5.41, 5.74) is 0.861. The first-order valence-electron chi connectivity index (χ1n) is 7.38. The predicted octanol–water partition coefficient (Wildman–Crippen LogP) is 1.67. The van der Waals surface area contributed by atoms with E-state index >= 15 is 0 Å². The summed E-state index contributed by atoms with van der Waals surface area (Å²) in [5.74, 6) is -0.140. The summed E-state index contributed by atoms with van der Waals surface area (Å²) in [4.78, 5) is 25.3. The quantitative estimate of drug-likeness (QED) is 0.893. The number of hydrogen-bond acceptors (Lipinski definition) is 4. The second-order valence-corrected chi connectivity index (χ2v) is 5.85. The Morgan fingerprint density at radius 1 is 1.38 bits per heavy atom. The van der Waals surface area contributed by atoms with Crippen molar-refractivity contribution in [2.75, 3.05) is 13.1 Å². The summed E-state index contributed by atoms with van der Waals surface area (Å²) in [6.07, 6.45) is 2.16. The molecule has 0 aliphatic carbocycles. The van der Waals surface area contributed by atoms with Crippen molar-refractivity contribution in [2.24, 2.45) is 5.41 Å². The summed E-state index contributed by atoms with van der Waals surface area (Å²) in [7, 11) is 0. The molecule has 2 rings (SSSR count). The van der Waals surface area contributed by atoms with Crippen molar-refractivity contribution in [1.82, 2.24) is 10.1 Å². The fraction of sp³-hybridized carbons (Fsp3) is 0.667. The zero-order chi connectivity index (χ0) is 15.6. The fourth-order valence-electron chi connectivity index (χ4n) is 2.75. The van der Waals surface area contributed by atoms with Crippen LogP contribution in [0.25, 0.3) is 0 Å². The molecule has 0 unspecified atom stereocenters. The van der Waals surface area contributed by atoms with Crippen LogP contribution in [0.5, 0.6) is 0 Å². The van der Waals surface area contributed by atoms with E-state index in [4.69, 9.17) is 4.52 Å². The summed E-state index contributed by atoms with van der Waals surface area (Å²) in [6, 6.07) is 0. The molecule has 0 spiro atoms. The largest absolute Gasteiger partial charge is 0.481 e. The highest BCUT2D eigenvalue weighted by molar-refractivity contribution is 5.82. The number of aromatic nitrogens is 1. The minimum Gasteiger partial charge on any atom is -0.481 e. The van der Waals surface area contributed by atoms with E-state index in [0.29, 0.717) is 19.4 Å². The molecule has 2 heterocycles. The van der Waals surface area contributed by atoms with Crippen molar-refractivity contribution in [3.63, 3.8) is 0 Å². The van der Waals surface area contributed by atoms with Gasteiger partial charge in [-0.3, -0.25) is 9.59 Å². The van der Waals surface area contributed by atoms with Crippen molar-refractivity contribution in [2.45, 2.75) is 46.5 Å². The van der Waals surface area contributed by atoms with Crippen LogP contribution in [-0.2, 0) is 28.9 Å². The van der Waals surface area contributed by atoms with E-state index in [9.17, 15) is 14.7 Å². The number of hydrogen-bond donors (Lipinski definition) is 1. The number of carbonyl (C=O) groups excluding carboxylic acids is 1. The number of carboxylic acid groups (broad SMARTS) is 1. The van der Waals surface area contributed by atoms with Crippen molar-refractivity contribution in [3.05, 3.63) is 17.0 Å². The molecule has 0 radical (unpaired) electrons. The van der Waals surface area contributed by atoms with E-state index in [0.717, 1.165) is 23.4 Å². The summed E-state index contributed by atoms with van der Waals surface area (Å²) >= 11 is 0. The molecule has 1 N–H and O–H groups in total. The summed E-state index contributed by atoms with van der Waals surface area (Å²) in [5, 5.41) is 13.2. The number of carboxylic acids is 1. The van der Waals surface area contributed by atoms with Crippen LogP contribution in [0.4, 0.5) is 0 Å². The smallest absolute Gasteiger partial charge is 0.311 e. The highest BCUT2D eigenvalue weighted by atomic mass is 16.5. The van der Waals surface area contributed by atoms with Crippen LogP contribution in [-0.4, -0.2) is 40.1 Å². The number of likely N-dealkylation sites (tertiary alicyclic amines) is 1. The topological polar surface area (TPSA) is 83.6 Å². The van der Waals surface area contributed by atoms with E-state index in [-0.39, 0.29) is 18.9 Å². The van der Waals surface area contributed by atoms with E-state index < -0.39 is 11.4 Å². The molecule has 21 heavy (non-hydrogen) atoms. The molecule has 6 nitrogen and oxygen atoms in total. The van der Waals surface area contributed by atoms with E-state index in [1.54, 1.807) is 11.8 Å². The molecule has 1 aliphatic rings. The molecule has 0 saturated carbocycles. The molecule has 1 fully saturated rings. The van der Waals surface area contributed by atoms with E-state index in [1.807, 2.05) is 13.8 Å². The van der Waals surface area contributed by atoms with Gasteiger partial charge in [0.25, 0.3) is 0 Å². The van der Waals surface area contributed by atoms with Gasteiger partial charge in [0.2, 0.25) is 5.91 Å². The number of aryl methyl sites for hydroxylation is 2. The number of carbonyl (C=O) groups is 2. The monoisotopic (exact) mass is 294 g/mol. The molecule has 6 heteroatoms. The van der Waals surface area contributed by atoms with Crippen LogP contribution in [0.2, 0.25) is 0 Å². The Hall–Kier alpha value is -1.85. The van der Waals surface area contributed by atoms with Crippen LogP contribution in [0, 0.1) is 5.41 Å². The first-order chi connectivity index (χ1) is 9.91. The van der Waals surface area contributed by atoms with Crippen LogP contribution >= 0.6 is 0 Å². The SMILES string of the molecule is CCc1noc(CC)c1CC(=O)N1CC[C@](C)(C(=O)O)C1. The lowest BCUT2D eigenvalue weighted by molar-refractivity contribution is -0.147. The van der Waals surface area contributed by atoms with Gasteiger partial charge < -0.3 is 14.5 Å². The minimum absolute atomic E-state index is 0.0485. The van der Waals surface area contributed by atoms with Gasteiger partial charge in [0.05, 0.1) is 17.5 Å². The summed E-state index contributed by atoms with van der Waals surface area (Å²) in [6.45, 7) is 6.40. The molecule has 0 aromatic carbocycles. The number of amides is 1. The lowest BCUT2D eigenvalue weighted by atomic mass is 9.90. The van der Waals surface area contributed by atoms with Gasteiger partial charge in [-0.05, 0) is 19.8 Å². The number of nitrogens with zero attached hydrogens (tertiary/aromatic N) is 2. The highest BCUT2D eigenvalue weighted by Crippen LogP contribution is 2.30. The third-order valence-electron chi connectivity index (χ3n) is 4.28. The molecule has 1 saturated heterocycles. The Balaban J connectivity index is 2.10. The second-order valence-electron chi connectivity index (χ2n) is 5.85. The van der Waals surface area contributed by atoms with E-state index in [1.165, 1.54) is 0 Å². The standard InChI is InChI=1S/C15H22N2O4/c1-4-11-10(12(5-2)21-16-11)8-13(18)17-7-6-15(3,9-17)14(19)20/h4-9H2,1-3H3,(H,19,20)/t15-/m0/s1. The first-order valence-corrected chi connectivity index (χ1v) is 7.38. The fourth-order valence-corrected chi connectivity index (χ4v) is 2.75. The molecular weight excluding hydrogens is 272 g/mol. The van der Waals surface area contributed by atoms with Gasteiger partial charge in [-0.2, -0.15) is 0 Å². The normalized spacial score (nSPS) is 21.8. The van der Waals surface area contributed by atoms with Gasteiger partial charge in [-0.25, -0.2) is 0 Å². The van der Waals surface area contributed by atoms with Gasteiger partial charge >= 0.3 is 5.97 Å². The van der Waals surface area contributed by atoms with Crippen molar-refractivity contribution < 1.29 is 19.2 Å². The average molecular weight is 294 g/mol. The Morgan fingerprint density at radius 2 is 2.10 bits per heavy atom. The average Bonchev–Trinajstić information content (AvgIpc) is 3.03. The molecule has 0 bridgehead atoms. The van der Waals surface area contributed by atoms with Crippen LogP contribution in [0.15, 0.2) is 4.52 Å². The van der Waals surface area contributed by atoms with Gasteiger partial charge in [0.1, 0.15) is 5.76 Å². The maximum atomic E-state index is 12.4. The predicted molar refractivity (Wildman–Crippen MR) is 75.9 cm³/mol. The second kappa shape index (κ2) is 5.87. The molecule has 1 aromatic rings. The van der Waals surface area contributed by atoms with Gasteiger partial charge in [-0.1, -0.05) is 19.0 Å². The molecule has 1 aromatic heterocycles. The van der Waals surface area contributed by atoms with Gasteiger partial charge in [0, 0.05) is 25.1 Å². The zero-order valence-corrected chi connectivity index (χ0v) is 12.8. The molecule has 1 aliphatic heterocycles. The Bertz CT molecular complexity index is 530. The highest BCUT2D eigenvalue weighted by Gasteiger charge is 2.42. The number of aliphatic carboxylic acids is 1. The Labute approximate surface area is 124 Å². The van der Waals surface area contributed by atoms with E-state index in [2.05, 4.69) is 5.16 Å². The minimum atomic E-state index is -0.841. The zero-order valence-electron chi connectivity index (χ0n) is 12.8. The van der Waals surface area contributed by atoms with Crippen molar-refractivity contribution in [1.29, 1.82) is 0 Å².